The average Bonchev–Trinajstić information content (AvgIpc) is 3.08. The number of nitrogens with zero attached hydrogens (tertiary/aromatic N) is 1. The number of hydrogen-bond donors (Lipinski definition) is 0. The fourth-order valence-electron chi connectivity index (χ4n) is 3.33. The molecule has 1 aliphatic heterocycles. The first-order chi connectivity index (χ1) is 12.9. The van der Waals surface area contributed by atoms with Crippen molar-refractivity contribution in [2.24, 2.45) is 0 Å². The molecular formula is C22H23NO4. The Morgan fingerprint density at radius 3 is 2.41 bits per heavy atom. The summed E-state index contributed by atoms with van der Waals surface area (Å²) < 4.78 is 5.28. The predicted molar refractivity (Wildman–Crippen MR) is 103 cm³/mol. The molecule has 1 heterocycles. The zero-order valence-corrected chi connectivity index (χ0v) is 15.9. The number of para-hydroxylation sites is 1. The van der Waals surface area contributed by atoms with Crippen LogP contribution in [0.15, 0.2) is 36.4 Å². The minimum Gasteiger partial charge on any atom is -0.454 e. The molecule has 0 spiro atoms. The van der Waals surface area contributed by atoms with Crippen LogP contribution >= 0.6 is 0 Å². The first kappa shape index (κ1) is 18.8. The molecule has 3 rings (SSSR count). The van der Waals surface area contributed by atoms with Crippen LogP contribution in [0.1, 0.15) is 50.2 Å². The summed E-state index contributed by atoms with van der Waals surface area (Å²) in [6, 6.07) is 10.6. The van der Waals surface area contributed by atoms with E-state index in [0.29, 0.717) is 29.8 Å². The molecule has 1 aliphatic rings. The van der Waals surface area contributed by atoms with Gasteiger partial charge in [-0.1, -0.05) is 18.2 Å². The highest BCUT2D eigenvalue weighted by Gasteiger charge is 2.26. The Kier molecular flexibility index (Phi) is 5.40. The third kappa shape index (κ3) is 3.92. The number of Topliss-reactive ketones (excluding diaryl/α,β-unsaturated/α-hetero) is 1. The largest absolute Gasteiger partial charge is 0.454 e. The number of amides is 1. The second kappa shape index (κ2) is 7.74. The minimum absolute atomic E-state index is 0.00270. The lowest BCUT2D eigenvalue weighted by atomic mass is 9.98. The molecule has 0 unspecified atom stereocenters. The number of carbonyl (C=O) groups is 3. The maximum Gasteiger partial charge on any atom is 0.340 e. The van der Waals surface area contributed by atoms with Crippen LogP contribution in [0.2, 0.25) is 0 Å². The van der Waals surface area contributed by atoms with Crippen LogP contribution in [0.3, 0.4) is 0 Å². The summed E-state index contributed by atoms with van der Waals surface area (Å²) in [5.74, 6) is -0.837. The van der Waals surface area contributed by atoms with E-state index in [2.05, 4.69) is 0 Å². The Morgan fingerprint density at radius 1 is 1.00 bits per heavy atom. The van der Waals surface area contributed by atoms with Crippen molar-refractivity contribution in [3.05, 3.63) is 64.2 Å². The molecule has 0 atom stereocenters. The van der Waals surface area contributed by atoms with Gasteiger partial charge in [-0.15, -0.1) is 0 Å². The fraction of sp³-hybridized carbons (Fsp3) is 0.318. The number of ether oxygens (including phenoxy) is 1. The van der Waals surface area contributed by atoms with Crippen molar-refractivity contribution in [2.45, 2.75) is 33.6 Å². The number of rotatable bonds is 5. The Balaban J connectivity index is 1.74. The lowest BCUT2D eigenvalue weighted by Crippen LogP contribution is -2.26. The number of aryl methyl sites for hydroxylation is 3. The highest BCUT2D eigenvalue weighted by molar-refractivity contribution is 6.05. The maximum absolute atomic E-state index is 12.6. The summed E-state index contributed by atoms with van der Waals surface area (Å²) in [5.41, 5.74) is 4.41. The van der Waals surface area contributed by atoms with E-state index in [0.717, 1.165) is 23.1 Å². The Hall–Kier alpha value is -2.95. The van der Waals surface area contributed by atoms with Crippen molar-refractivity contribution in [3.63, 3.8) is 0 Å². The molecular weight excluding hydrogens is 342 g/mol. The molecule has 2 aromatic carbocycles. The van der Waals surface area contributed by atoms with E-state index in [4.69, 9.17) is 4.74 Å². The smallest absolute Gasteiger partial charge is 0.340 e. The van der Waals surface area contributed by atoms with Crippen molar-refractivity contribution in [1.82, 2.24) is 0 Å². The molecule has 1 amide bonds. The number of hydrogen-bond acceptors (Lipinski definition) is 4. The number of anilines is 1. The average molecular weight is 365 g/mol. The fourth-order valence-corrected chi connectivity index (χ4v) is 3.33. The summed E-state index contributed by atoms with van der Waals surface area (Å²) in [7, 11) is 0. The van der Waals surface area contributed by atoms with E-state index in [1.165, 1.54) is 0 Å². The molecule has 1 fully saturated rings. The number of carbonyl (C=O) groups excluding carboxylic acids is 3. The van der Waals surface area contributed by atoms with Gasteiger partial charge in [0.2, 0.25) is 11.7 Å². The Labute approximate surface area is 158 Å². The van der Waals surface area contributed by atoms with Gasteiger partial charge in [0.05, 0.1) is 11.3 Å². The first-order valence-corrected chi connectivity index (χ1v) is 9.06. The summed E-state index contributed by atoms with van der Waals surface area (Å²) in [5, 5.41) is 0. The van der Waals surface area contributed by atoms with E-state index in [1.807, 2.05) is 32.9 Å². The van der Waals surface area contributed by atoms with E-state index in [-0.39, 0.29) is 18.3 Å². The number of ketones is 1. The van der Waals surface area contributed by atoms with Crippen molar-refractivity contribution < 1.29 is 19.1 Å². The van der Waals surface area contributed by atoms with Gasteiger partial charge in [0, 0.05) is 18.5 Å². The second-order valence-corrected chi connectivity index (χ2v) is 6.92. The lowest BCUT2D eigenvalue weighted by Gasteiger charge is -2.18. The molecule has 0 radical (unpaired) electrons. The topological polar surface area (TPSA) is 63.7 Å². The molecule has 0 aliphatic carbocycles. The monoisotopic (exact) mass is 365 g/mol. The van der Waals surface area contributed by atoms with Gasteiger partial charge in [0.1, 0.15) is 0 Å². The van der Waals surface area contributed by atoms with Crippen LogP contribution in [0.25, 0.3) is 0 Å². The van der Waals surface area contributed by atoms with Crippen molar-refractivity contribution in [1.29, 1.82) is 0 Å². The molecule has 2 aromatic rings. The normalized spacial score (nSPS) is 13.7. The third-order valence-electron chi connectivity index (χ3n) is 4.96. The SMILES string of the molecule is Cc1cc(C)c(C(=O)COC(=O)c2ccccc2N2CCCC2=O)cc1C. The quantitative estimate of drug-likeness (QED) is 0.597. The lowest BCUT2D eigenvalue weighted by molar-refractivity contribution is -0.117. The van der Waals surface area contributed by atoms with Gasteiger partial charge >= 0.3 is 5.97 Å². The van der Waals surface area contributed by atoms with Gasteiger partial charge in [-0.25, -0.2) is 4.79 Å². The molecule has 0 bridgehead atoms. The molecule has 140 valence electrons. The molecule has 1 saturated heterocycles. The highest BCUT2D eigenvalue weighted by Crippen LogP contribution is 2.26. The summed E-state index contributed by atoms with van der Waals surface area (Å²) >= 11 is 0. The van der Waals surface area contributed by atoms with Crippen LogP contribution in [-0.2, 0) is 9.53 Å². The van der Waals surface area contributed by atoms with Gasteiger partial charge in [0.15, 0.2) is 6.61 Å². The second-order valence-electron chi connectivity index (χ2n) is 6.92. The zero-order valence-electron chi connectivity index (χ0n) is 15.9. The van der Waals surface area contributed by atoms with E-state index >= 15 is 0 Å². The minimum atomic E-state index is -0.597. The Morgan fingerprint density at radius 2 is 1.70 bits per heavy atom. The van der Waals surface area contributed by atoms with Crippen molar-refractivity contribution in [2.75, 3.05) is 18.1 Å². The van der Waals surface area contributed by atoms with E-state index < -0.39 is 5.97 Å². The van der Waals surface area contributed by atoms with Gasteiger partial charge in [-0.3, -0.25) is 9.59 Å². The predicted octanol–water partition coefficient (Wildman–Crippen LogP) is 3.78. The molecule has 0 saturated carbocycles. The van der Waals surface area contributed by atoms with Gasteiger partial charge in [-0.05, 0) is 62.1 Å². The van der Waals surface area contributed by atoms with Gasteiger partial charge in [0.25, 0.3) is 0 Å². The van der Waals surface area contributed by atoms with Gasteiger partial charge < -0.3 is 9.64 Å². The van der Waals surface area contributed by atoms with E-state index in [1.54, 1.807) is 29.2 Å². The molecule has 0 aromatic heterocycles. The number of esters is 1. The summed E-state index contributed by atoms with van der Waals surface area (Å²) in [6.45, 7) is 6.07. The van der Waals surface area contributed by atoms with Crippen LogP contribution < -0.4 is 4.90 Å². The van der Waals surface area contributed by atoms with Crippen molar-refractivity contribution in [3.8, 4) is 0 Å². The maximum atomic E-state index is 12.6. The highest BCUT2D eigenvalue weighted by atomic mass is 16.5. The standard InChI is InChI=1S/C22H23NO4/c1-14-11-16(3)18(12-15(14)2)20(24)13-27-22(26)17-7-4-5-8-19(17)23-10-6-9-21(23)25/h4-5,7-8,11-12H,6,9-10,13H2,1-3H3. The molecule has 0 N–H and O–H groups in total. The van der Waals surface area contributed by atoms with Crippen LogP contribution in [-0.4, -0.2) is 30.8 Å². The van der Waals surface area contributed by atoms with Crippen LogP contribution in [0, 0.1) is 20.8 Å². The van der Waals surface area contributed by atoms with Crippen molar-refractivity contribution >= 4 is 23.3 Å². The van der Waals surface area contributed by atoms with E-state index in [9.17, 15) is 14.4 Å². The number of benzene rings is 2. The van der Waals surface area contributed by atoms with Gasteiger partial charge in [-0.2, -0.15) is 0 Å². The molecule has 5 nitrogen and oxygen atoms in total. The van der Waals surface area contributed by atoms with Crippen LogP contribution in [0.5, 0.6) is 0 Å². The van der Waals surface area contributed by atoms with Crippen LogP contribution in [0.4, 0.5) is 5.69 Å². The molecule has 5 heteroatoms. The zero-order chi connectivity index (χ0) is 19.6. The molecule has 27 heavy (non-hydrogen) atoms. The Bertz CT molecular complexity index is 917. The third-order valence-corrected chi connectivity index (χ3v) is 4.96. The summed E-state index contributed by atoms with van der Waals surface area (Å²) in [6.07, 6.45) is 1.25. The summed E-state index contributed by atoms with van der Waals surface area (Å²) in [4.78, 5) is 38.7. The first-order valence-electron chi connectivity index (χ1n) is 9.06.